The largest absolute Gasteiger partial charge is 0.332 e. The van der Waals surface area contributed by atoms with Gasteiger partial charge >= 0.3 is 0 Å². The number of rotatable bonds is 6. The van der Waals surface area contributed by atoms with E-state index in [4.69, 9.17) is 0 Å². The van der Waals surface area contributed by atoms with E-state index in [2.05, 4.69) is 29.8 Å². The van der Waals surface area contributed by atoms with Crippen molar-refractivity contribution in [1.29, 1.82) is 0 Å². The number of anilines is 2. The second-order valence-corrected chi connectivity index (χ2v) is 5.14. The van der Waals surface area contributed by atoms with Crippen LogP contribution in [0.1, 0.15) is 26.2 Å². The molecule has 0 aliphatic rings. The fraction of sp³-hybridized carbons (Fsp3) is 0.235. The molecule has 2 N–H and O–H groups in total. The average molecular weight is 300 g/mol. The van der Waals surface area contributed by atoms with Crippen molar-refractivity contribution in [3.05, 3.63) is 48.5 Å². The molecule has 0 unspecified atom stereocenters. The van der Waals surface area contributed by atoms with Gasteiger partial charge in [0, 0.05) is 17.8 Å². The highest BCUT2D eigenvalue weighted by atomic mass is 32.1. The van der Waals surface area contributed by atoms with Crippen molar-refractivity contribution in [3.8, 4) is 11.1 Å². The zero-order valence-corrected chi connectivity index (χ0v) is 13.0. The minimum absolute atomic E-state index is 0.0776. The van der Waals surface area contributed by atoms with Crippen molar-refractivity contribution in [2.45, 2.75) is 26.2 Å². The van der Waals surface area contributed by atoms with Crippen LogP contribution in [0.15, 0.2) is 48.5 Å². The lowest BCUT2D eigenvalue weighted by molar-refractivity contribution is -0.116. The van der Waals surface area contributed by atoms with Crippen LogP contribution in [0.5, 0.6) is 0 Å². The summed E-state index contributed by atoms with van der Waals surface area (Å²) in [6.07, 6.45) is 2.54. The Balaban J connectivity index is 2.02. The zero-order chi connectivity index (χ0) is 15.1. The second kappa shape index (κ2) is 7.74. The quantitative estimate of drug-likeness (QED) is 0.674. The molecular weight excluding hydrogens is 280 g/mol. The van der Waals surface area contributed by atoms with E-state index in [0.717, 1.165) is 35.3 Å². The van der Waals surface area contributed by atoms with Crippen LogP contribution in [-0.4, -0.2) is 5.91 Å². The number of benzene rings is 2. The minimum atomic E-state index is 0.0776. The van der Waals surface area contributed by atoms with E-state index in [9.17, 15) is 4.79 Å². The molecule has 0 radical (unpaired) electrons. The molecule has 2 rings (SSSR count). The molecule has 4 heteroatoms. The lowest BCUT2D eigenvalue weighted by Gasteiger charge is -2.07. The van der Waals surface area contributed by atoms with Crippen LogP contribution in [0, 0.1) is 0 Å². The number of amides is 1. The van der Waals surface area contributed by atoms with Gasteiger partial charge in [-0.3, -0.25) is 4.79 Å². The molecule has 3 nitrogen and oxygen atoms in total. The smallest absolute Gasteiger partial charge is 0.224 e. The summed E-state index contributed by atoms with van der Waals surface area (Å²) in [6, 6.07) is 15.9. The number of carbonyl (C=O) groups excluding carboxylic acids is 1. The van der Waals surface area contributed by atoms with Crippen LogP contribution >= 0.6 is 12.8 Å². The van der Waals surface area contributed by atoms with Gasteiger partial charge in [0.15, 0.2) is 0 Å². The lowest BCUT2D eigenvalue weighted by Crippen LogP contribution is -2.10. The molecule has 110 valence electrons. The SMILES string of the molecule is CCCCC(=O)Nc1ccc(-c2ccc(NS)cc2)cc1. The minimum Gasteiger partial charge on any atom is -0.332 e. The Morgan fingerprint density at radius 2 is 1.48 bits per heavy atom. The van der Waals surface area contributed by atoms with E-state index < -0.39 is 0 Å². The fourth-order valence-electron chi connectivity index (χ4n) is 2.04. The number of hydrogen-bond acceptors (Lipinski definition) is 3. The zero-order valence-electron chi connectivity index (χ0n) is 12.1. The number of carbonyl (C=O) groups is 1. The Morgan fingerprint density at radius 1 is 0.952 bits per heavy atom. The van der Waals surface area contributed by atoms with Gasteiger partial charge in [-0.1, -0.05) is 50.4 Å². The fourth-order valence-corrected chi connectivity index (χ4v) is 2.19. The highest BCUT2D eigenvalue weighted by molar-refractivity contribution is 7.81. The summed E-state index contributed by atoms with van der Waals surface area (Å²) in [5.74, 6) is 0.0776. The second-order valence-electron chi connectivity index (χ2n) is 4.92. The van der Waals surface area contributed by atoms with Crippen LogP contribution < -0.4 is 10.0 Å². The Hall–Kier alpha value is -1.94. The first-order valence-electron chi connectivity index (χ1n) is 7.13. The summed E-state index contributed by atoms with van der Waals surface area (Å²) in [7, 11) is 0. The normalized spacial score (nSPS) is 10.2. The molecule has 21 heavy (non-hydrogen) atoms. The van der Waals surface area contributed by atoms with Gasteiger partial charge in [-0.2, -0.15) is 0 Å². The Labute approximate surface area is 131 Å². The molecule has 0 bridgehead atoms. The number of thiol groups is 1. The van der Waals surface area contributed by atoms with Crippen molar-refractivity contribution < 1.29 is 4.79 Å². The maximum absolute atomic E-state index is 11.7. The lowest BCUT2D eigenvalue weighted by atomic mass is 10.1. The van der Waals surface area contributed by atoms with E-state index in [1.807, 2.05) is 48.5 Å². The molecule has 0 heterocycles. The van der Waals surface area contributed by atoms with E-state index in [0.29, 0.717) is 6.42 Å². The molecule has 0 aliphatic carbocycles. The molecule has 0 spiro atoms. The number of unbranched alkanes of at least 4 members (excludes halogenated alkanes) is 1. The average Bonchev–Trinajstić information content (AvgIpc) is 2.54. The van der Waals surface area contributed by atoms with Gasteiger partial charge in [-0.15, -0.1) is 0 Å². The van der Waals surface area contributed by atoms with Gasteiger partial charge in [-0.05, 0) is 41.8 Å². The number of hydrogen-bond donors (Lipinski definition) is 3. The monoisotopic (exact) mass is 300 g/mol. The highest BCUT2D eigenvalue weighted by Gasteiger charge is 2.02. The predicted molar refractivity (Wildman–Crippen MR) is 92.6 cm³/mol. The molecule has 0 saturated carbocycles. The molecule has 0 atom stereocenters. The third-order valence-corrected chi connectivity index (χ3v) is 3.53. The van der Waals surface area contributed by atoms with E-state index in [1.54, 1.807) is 0 Å². The van der Waals surface area contributed by atoms with Gasteiger partial charge in [0.2, 0.25) is 5.91 Å². The molecule has 1 amide bonds. The summed E-state index contributed by atoms with van der Waals surface area (Å²) in [5, 5.41) is 2.91. The Kier molecular flexibility index (Phi) is 5.69. The molecule has 0 saturated heterocycles. The molecule has 0 aliphatic heterocycles. The van der Waals surface area contributed by atoms with Crippen LogP contribution in [0.25, 0.3) is 11.1 Å². The molecule has 0 aromatic heterocycles. The first kappa shape index (κ1) is 15.4. The predicted octanol–water partition coefficient (Wildman–Crippen LogP) is 4.74. The summed E-state index contributed by atoms with van der Waals surface area (Å²) >= 11 is 4.01. The first-order chi connectivity index (χ1) is 10.2. The third kappa shape index (κ3) is 4.53. The van der Waals surface area contributed by atoms with Crippen molar-refractivity contribution in [3.63, 3.8) is 0 Å². The number of nitrogens with one attached hydrogen (secondary N) is 2. The summed E-state index contributed by atoms with van der Waals surface area (Å²) < 4.78 is 2.80. The van der Waals surface area contributed by atoms with Crippen LogP contribution in [0.4, 0.5) is 11.4 Å². The van der Waals surface area contributed by atoms with Crippen LogP contribution in [0.2, 0.25) is 0 Å². The maximum atomic E-state index is 11.7. The van der Waals surface area contributed by atoms with Crippen molar-refractivity contribution in [1.82, 2.24) is 0 Å². The van der Waals surface area contributed by atoms with Crippen molar-refractivity contribution in [2.75, 3.05) is 10.0 Å². The highest BCUT2D eigenvalue weighted by Crippen LogP contribution is 2.23. The topological polar surface area (TPSA) is 41.1 Å². The van der Waals surface area contributed by atoms with Gasteiger partial charge < -0.3 is 10.0 Å². The van der Waals surface area contributed by atoms with E-state index in [-0.39, 0.29) is 5.91 Å². The molecule has 0 fully saturated rings. The van der Waals surface area contributed by atoms with Gasteiger partial charge in [-0.25, -0.2) is 0 Å². The first-order valence-corrected chi connectivity index (χ1v) is 7.58. The van der Waals surface area contributed by atoms with Gasteiger partial charge in [0.05, 0.1) is 0 Å². The Morgan fingerprint density at radius 3 is 1.95 bits per heavy atom. The third-order valence-electron chi connectivity index (χ3n) is 3.27. The molecular formula is C17H20N2OS. The molecule has 2 aromatic rings. The van der Waals surface area contributed by atoms with Crippen LogP contribution in [0.3, 0.4) is 0 Å². The molecule has 2 aromatic carbocycles. The van der Waals surface area contributed by atoms with Gasteiger partial charge in [0.25, 0.3) is 0 Å². The van der Waals surface area contributed by atoms with Crippen molar-refractivity contribution >= 4 is 30.1 Å². The summed E-state index contributed by atoms with van der Waals surface area (Å²) in [5.41, 5.74) is 4.05. The van der Waals surface area contributed by atoms with Crippen LogP contribution in [-0.2, 0) is 4.79 Å². The summed E-state index contributed by atoms with van der Waals surface area (Å²) in [4.78, 5) is 11.7. The van der Waals surface area contributed by atoms with E-state index in [1.165, 1.54) is 0 Å². The van der Waals surface area contributed by atoms with E-state index >= 15 is 0 Å². The summed E-state index contributed by atoms with van der Waals surface area (Å²) in [6.45, 7) is 2.08. The maximum Gasteiger partial charge on any atom is 0.224 e. The Bertz CT molecular complexity index is 579. The van der Waals surface area contributed by atoms with Crippen molar-refractivity contribution in [2.24, 2.45) is 0 Å². The standard InChI is InChI=1S/C17H20N2OS/c1-2-3-4-17(20)18-15-9-5-13(6-10-15)14-7-11-16(19-21)12-8-14/h5-12,19,21H,2-4H2,1H3,(H,18,20). The van der Waals surface area contributed by atoms with Gasteiger partial charge in [0.1, 0.15) is 0 Å².